The predicted molar refractivity (Wildman–Crippen MR) is 68.2 cm³/mol. The molecule has 1 aromatic rings. The zero-order valence-electron chi connectivity index (χ0n) is 10.7. The van der Waals surface area contributed by atoms with E-state index in [9.17, 15) is 0 Å². The fraction of sp³-hybridized carbons (Fsp3) is 0.750. The van der Waals surface area contributed by atoms with Crippen LogP contribution in [0.3, 0.4) is 0 Å². The van der Waals surface area contributed by atoms with Gasteiger partial charge in [0.25, 0.3) is 0 Å². The Bertz CT molecular complexity index is 391. The number of piperidine rings is 1. The molecule has 0 bridgehead atoms. The molecule has 1 aromatic heterocycles. The zero-order valence-corrected chi connectivity index (χ0v) is 11.4. The maximum atomic E-state index is 6.19. The average Bonchev–Trinajstić information content (AvgIpc) is 2.53. The van der Waals surface area contributed by atoms with Gasteiger partial charge < -0.3 is 10.1 Å². The van der Waals surface area contributed by atoms with Crippen molar-refractivity contribution in [2.75, 3.05) is 13.1 Å². The summed E-state index contributed by atoms with van der Waals surface area (Å²) in [5.74, 6) is 0.601. The third-order valence-electron chi connectivity index (χ3n) is 3.45. The highest BCUT2D eigenvalue weighted by Crippen LogP contribution is 2.22. The van der Waals surface area contributed by atoms with E-state index >= 15 is 0 Å². The third kappa shape index (κ3) is 2.81. The Hall–Kier alpha value is -0.580. The lowest BCUT2D eigenvalue weighted by Gasteiger charge is -2.29. The number of hydrogen-bond donors (Lipinski definition) is 1. The molecule has 5 heteroatoms. The third-order valence-corrected chi connectivity index (χ3v) is 3.94. The van der Waals surface area contributed by atoms with Crippen LogP contribution in [-0.4, -0.2) is 29.0 Å². The van der Waals surface area contributed by atoms with Crippen molar-refractivity contribution in [3.05, 3.63) is 16.4 Å². The van der Waals surface area contributed by atoms with Crippen LogP contribution in [0.5, 0.6) is 0 Å². The second-order valence-electron chi connectivity index (χ2n) is 4.79. The molecule has 2 rings (SSSR count). The van der Waals surface area contributed by atoms with Gasteiger partial charge in [-0.3, -0.25) is 4.68 Å². The fourth-order valence-corrected chi connectivity index (χ4v) is 2.42. The van der Waals surface area contributed by atoms with Gasteiger partial charge in [0.2, 0.25) is 0 Å². The average molecular weight is 258 g/mol. The van der Waals surface area contributed by atoms with Gasteiger partial charge in [0.05, 0.1) is 29.1 Å². The van der Waals surface area contributed by atoms with Crippen molar-refractivity contribution in [1.29, 1.82) is 0 Å². The molecule has 0 aliphatic carbocycles. The Morgan fingerprint density at radius 2 is 2.35 bits per heavy atom. The van der Waals surface area contributed by atoms with Crippen molar-refractivity contribution >= 4 is 11.6 Å². The van der Waals surface area contributed by atoms with Crippen LogP contribution >= 0.6 is 11.6 Å². The number of aryl methyl sites for hydroxylation is 2. The maximum absolute atomic E-state index is 6.19. The monoisotopic (exact) mass is 257 g/mol. The van der Waals surface area contributed by atoms with Crippen LogP contribution in [0, 0.1) is 12.8 Å². The first-order valence-electron chi connectivity index (χ1n) is 6.10. The van der Waals surface area contributed by atoms with Crippen molar-refractivity contribution in [2.24, 2.45) is 13.0 Å². The van der Waals surface area contributed by atoms with Crippen LogP contribution in [0.4, 0.5) is 0 Å². The Morgan fingerprint density at radius 1 is 1.59 bits per heavy atom. The molecule has 2 heterocycles. The highest BCUT2D eigenvalue weighted by molar-refractivity contribution is 6.31. The quantitative estimate of drug-likeness (QED) is 0.899. The molecule has 2 atom stereocenters. The second-order valence-corrected chi connectivity index (χ2v) is 5.17. The minimum atomic E-state index is 0.273. The largest absolute Gasteiger partial charge is 0.370 e. The molecule has 1 saturated heterocycles. The summed E-state index contributed by atoms with van der Waals surface area (Å²) >= 11 is 6.19. The maximum Gasteiger partial charge on any atom is 0.0904 e. The van der Waals surface area contributed by atoms with Crippen LogP contribution in [0.25, 0.3) is 0 Å². The van der Waals surface area contributed by atoms with Crippen LogP contribution < -0.4 is 5.32 Å². The van der Waals surface area contributed by atoms with Gasteiger partial charge in [-0.15, -0.1) is 0 Å². The van der Waals surface area contributed by atoms with Crippen LogP contribution in [-0.2, 0) is 18.4 Å². The molecule has 0 amide bonds. The fourth-order valence-electron chi connectivity index (χ4n) is 2.21. The highest BCUT2D eigenvalue weighted by Gasteiger charge is 2.22. The van der Waals surface area contributed by atoms with E-state index < -0.39 is 0 Å². The molecule has 0 aromatic carbocycles. The van der Waals surface area contributed by atoms with Crippen LogP contribution in [0.1, 0.15) is 24.7 Å². The van der Waals surface area contributed by atoms with E-state index in [1.807, 2.05) is 14.0 Å². The van der Waals surface area contributed by atoms with Gasteiger partial charge in [-0.25, -0.2) is 0 Å². The minimum absolute atomic E-state index is 0.273. The molecule has 0 saturated carbocycles. The Labute approximate surface area is 107 Å². The first-order chi connectivity index (χ1) is 8.09. The van der Waals surface area contributed by atoms with Crippen LogP contribution in [0.15, 0.2) is 0 Å². The summed E-state index contributed by atoms with van der Waals surface area (Å²) in [7, 11) is 1.90. The van der Waals surface area contributed by atoms with E-state index in [4.69, 9.17) is 16.3 Å². The summed E-state index contributed by atoms with van der Waals surface area (Å²) in [6, 6.07) is 0. The van der Waals surface area contributed by atoms with E-state index in [-0.39, 0.29) is 6.10 Å². The van der Waals surface area contributed by atoms with Crippen LogP contribution in [0.2, 0.25) is 5.02 Å². The normalized spacial score (nSPS) is 25.2. The van der Waals surface area contributed by atoms with Gasteiger partial charge >= 0.3 is 0 Å². The molecule has 17 heavy (non-hydrogen) atoms. The number of nitrogens with one attached hydrogen (secondary N) is 1. The molecule has 1 aliphatic heterocycles. The Kier molecular flexibility index (Phi) is 4.07. The first kappa shape index (κ1) is 12.9. The summed E-state index contributed by atoms with van der Waals surface area (Å²) in [6.07, 6.45) is 1.44. The zero-order chi connectivity index (χ0) is 12.4. The second kappa shape index (κ2) is 5.38. The van der Waals surface area contributed by atoms with Gasteiger partial charge in [0.1, 0.15) is 0 Å². The number of aromatic nitrogens is 2. The molecule has 96 valence electrons. The van der Waals surface area contributed by atoms with Gasteiger partial charge in [0.15, 0.2) is 0 Å². The van der Waals surface area contributed by atoms with Gasteiger partial charge in [-0.05, 0) is 25.8 Å². The Morgan fingerprint density at radius 3 is 2.94 bits per heavy atom. The van der Waals surface area contributed by atoms with E-state index in [1.165, 1.54) is 6.42 Å². The summed E-state index contributed by atoms with van der Waals surface area (Å²) in [5.41, 5.74) is 1.82. The molecule has 1 aliphatic rings. The van der Waals surface area contributed by atoms with Crippen molar-refractivity contribution in [1.82, 2.24) is 15.1 Å². The van der Waals surface area contributed by atoms with E-state index in [0.717, 1.165) is 29.5 Å². The summed E-state index contributed by atoms with van der Waals surface area (Å²) in [6.45, 7) is 6.70. The van der Waals surface area contributed by atoms with E-state index in [2.05, 4.69) is 17.3 Å². The van der Waals surface area contributed by atoms with E-state index in [0.29, 0.717) is 12.5 Å². The molecule has 0 radical (unpaired) electrons. The lowest BCUT2D eigenvalue weighted by atomic mass is 9.97. The molecule has 1 N–H and O–H groups in total. The predicted octanol–water partition coefficient (Wildman–Crippen LogP) is 1.90. The molecule has 4 nitrogen and oxygen atoms in total. The Balaban J connectivity index is 1.97. The summed E-state index contributed by atoms with van der Waals surface area (Å²) in [5, 5.41) is 8.36. The number of halogens is 1. The minimum Gasteiger partial charge on any atom is -0.370 e. The van der Waals surface area contributed by atoms with Gasteiger partial charge in [0, 0.05) is 13.6 Å². The van der Waals surface area contributed by atoms with Crippen molar-refractivity contribution in [2.45, 2.75) is 33.0 Å². The van der Waals surface area contributed by atoms with Crippen molar-refractivity contribution < 1.29 is 4.74 Å². The number of hydrogen-bond acceptors (Lipinski definition) is 3. The first-order valence-corrected chi connectivity index (χ1v) is 6.47. The highest BCUT2D eigenvalue weighted by atomic mass is 35.5. The molecule has 0 spiro atoms. The molecular weight excluding hydrogens is 238 g/mol. The smallest absolute Gasteiger partial charge is 0.0904 e. The lowest BCUT2D eigenvalue weighted by molar-refractivity contribution is -0.00908. The number of rotatable bonds is 3. The lowest BCUT2D eigenvalue weighted by Crippen LogP contribution is -2.41. The molecular formula is C12H20ClN3O. The van der Waals surface area contributed by atoms with Gasteiger partial charge in [-0.1, -0.05) is 18.5 Å². The van der Waals surface area contributed by atoms with Crippen molar-refractivity contribution in [3.63, 3.8) is 0 Å². The molecule has 1 fully saturated rings. The number of nitrogens with zero attached hydrogens (tertiary/aromatic N) is 2. The van der Waals surface area contributed by atoms with Crippen molar-refractivity contribution in [3.8, 4) is 0 Å². The molecule has 2 unspecified atom stereocenters. The summed E-state index contributed by atoms with van der Waals surface area (Å²) in [4.78, 5) is 0. The topological polar surface area (TPSA) is 39.1 Å². The SMILES string of the molecule is Cc1nn(C)c(COC2CNCCC2C)c1Cl. The standard InChI is InChI=1S/C12H20ClN3O/c1-8-4-5-14-6-11(8)17-7-10-12(13)9(2)15-16(10)3/h8,11,14H,4-7H2,1-3H3. The van der Waals surface area contributed by atoms with Gasteiger partial charge in [-0.2, -0.15) is 5.10 Å². The number of ether oxygens (including phenoxy) is 1. The van der Waals surface area contributed by atoms with E-state index in [1.54, 1.807) is 4.68 Å². The summed E-state index contributed by atoms with van der Waals surface area (Å²) < 4.78 is 7.75.